The van der Waals surface area contributed by atoms with Crippen LogP contribution in [0.5, 0.6) is 0 Å². The molecule has 0 unspecified atom stereocenters. The second-order valence-electron chi connectivity index (χ2n) is 5.41. The third-order valence-electron chi connectivity index (χ3n) is 3.28. The molecule has 0 aromatic heterocycles. The Morgan fingerprint density at radius 3 is 2.30 bits per heavy atom. The van der Waals surface area contributed by atoms with Crippen LogP contribution in [0.2, 0.25) is 5.02 Å². The zero-order chi connectivity index (χ0) is 17.2. The van der Waals surface area contributed by atoms with Gasteiger partial charge >= 0.3 is 10.1 Å². The van der Waals surface area contributed by atoms with E-state index in [4.69, 9.17) is 15.9 Å². The van der Waals surface area contributed by atoms with Crippen molar-refractivity contribution in [3.63, 3.8) is 0 Å². The number of halogens is 1. The highest BCUT2D eigenvalue weighted by Gasteiger charge is 2.21. The van der Waals surface area contributed by atoms with Crippen LogP contribution in [0.25, 0.3) is 0 Å². The molecule has 5 nitrogen and oxygen atoms in total. The monoisotopic (exact) mass is 353 g/mol. The summed E-state index contributed by atoms with van der Waals surface area (Å²) in [6.07, 6.45) is 2.98. The summed E-state index contributed by atoms with van der Waals surface area (Å²) in [4.78, 5) is 11.7. The third kappa shape index (κ3) is 4.09. The van der Waals surface area contributed by atoms with Crippen molar-refractivity contribution < 1.29 is 17.5 Å². The van der Waals surface area contributed by atoms with Gasteiger partial charge in [-0.15, -0.1) is 0 Å². The molecule has 0 saturated heterocycles. The topological polar surface area (TPSA) is 72.8 Å². The number of carbonyl (C=O) groups is 1. The molecular weight excluding hydrogens is 338 g/mol. The molecule has 0 N–H and O–H groups in total. The number of hydrogen-bond donors (Lipinski definition) is 0. The molecule has 0 aliphatic heterocycles. The molecule has 0 heterocycles. The molecule has 1 aliphatic rings. The summed E-state index contributed by atoms with van der Waals surface area (Å²) in [5.41, 5.74) is 1.43. The minimum Gasteiger partial charge on any atom is -0.290 e. The summed E-state index contributed by atoms with van der Waals surface area (Å²) in [7, 11) is -4.04. The zero-order valence-electron chi connectivity index (χ0n) is 12.9. The molecule has 0 fully saturated rings. The summed E-state index contributed by atoms with van der Waals surface area (Å²) < 4.78 is 29.0. The smallest absolute Gasteiger partial charge is 0.290 e. The van der Waals surface area contributed by atoms with Gasteiger partial charge in [0, 0.05) is 5.02 Å². The van der Waals surface area contributed by atoms with Crippen molar-refractivity contribution in [1.29, 1.82) is 0 Å². The Balaban J connectivity index is 2.32. The Morgan fingerprint density at radius 1 is 1.13 bits per heavy atom. The molecule has 0 bridgehead atoms. The second kappa shape index (κ2) is 6.68. The maximum Gasteiger partial charge on any atom is 0.358 e. The number of ketones is 1. The number of carbonyl (C=O) groups excluding carboxylic acids is 1. The van der Waals surface area contributed by atoms with Crippen LogP contribution in [0, 0.1) is 5.92 Å². The van der Waals surface area contributed by atoms with E-state index in [-0.39, 0.29) is 16.6 Å². The van der Waals surface area contributed by atoms with Gasteiger partial charge in [-0.1, -0.05) is 30.6 Å². The van der Waals surface area contributed by atoms with Crippen LogP contribution in [0.1, 0.15) is 20.8 Å². The van der Waals surface area contributed by atoms with Crippen LogP contribution in [0.3, 0.4) is 0 Å². The Morgan fingerprint density at radius 2 is 1.74 bits per heavy atom. The van der Waals surface area contributed by atoms with E-state index in [1.165, 1.54) is 36.4 Å². The molecule has 122 valence electrons. The maximum atomic E-state index is 12.1. The van der Waals surface area contributed by atoms with Gasteiger partial charge in [0.25, 0.3) is 0 Å². The SMILES string of the molecule is CC1=CC(=NOS(=O)(=O)c2ccc(Cl)cc2)C(C(C)C)=CC1=O. The molecule has 23 heavy (non-hydrogen) atoms. The van der Waals surface area contributed by atoms with Gasteiger partial charge in [0.1, 0.15) is 10.6 Å². The number of oxime groups is 1. The molecule has 2 rings (SSSR count). The average molecular weight is 354 g/mol. The fourth-order valence-corrected chi connectivity index (χ4v) is 2.82. The van der Waals surface area contributed by atoms with Crippen molar-refractivity contribution in [3.8, 4) is 0 Å². The average Bonchev–Trinajstić information content (AvgIpc) is 2.48. The van der Waals surface area contributed by atoms with Gasteiger partial charge in [-0.2, -0.15) is 8.42 Å². The second-order valence-corrected chi connectivity index (χ2v) is 7.37. The first-order valence-electron chi connectivity index (χ1n) is 6.92. The highest BCUT2D eigenvalue weighted by molar-refractivity contribution is 7.86. The fourth-order valence-electron chi connectivity index (χ4n) is 1.96. The van der Waals surface area contributed by atoms with Crippen molar-refractivity contribution in [2.45, 2.75) is 25.7 Å². The first-order chi connectivity index (χ1) is 10.7. The Kier molecular flexibility index (Phi) is 5.06. The lowest BCUT2D eigenvalue weighted by Gasteiger charge is -2.15. The summed E-state index contributed by atoms with van der Waals surface area (Å²) in [6.45, 7) is 5.41. The minimum absolute atomic E-state index is 0.00360. The highest BCUT2D eigenvalue weighted by Crippen LogP contribution is 2.21. The van der Waals surface area contributed by atoms with Gasteiger partial charge in [0.15, 0.2) is 5.78 Å². The van der Waals surface area contributed by atoms with E-state index >= 15 is 0 Å². The van der Waals surface area contributed by atoms with Crippen molar-refractivity contribution in [2.24, 2.45) is 11.1 Å². The van der Waals surface area contributed by atoms with E-state index in [1.807, 2.05) is 13.8 Å². The van der Waals surface area contributed by atoms with Gasteiger partial charge in [0.05, 0.1) is 0 Å². The molecule has 0 amide bonds. The number of nitrogens with zero attached hydrogens (tertiary/aromatic N) is 1. The van der Waals surface area contributed by atoms with Crippen molar-refractivity contribution in [2.75, 3.05) is 0 Å². The predicted molar refractivity (Wildman–Crippen MR) is 88.8 cm³/mol. The summed E-state index contributed by atoms with van der Waals surface area (Å²) >= 11 is 5.73. The first-order valence-corrected chi connectivity index (χ1v) is 8.71. The molecule has 0 saturated carbocycles. The number of hydrogen-bond acceptors (Lipinski definition) is 5. The number of allylic oxidation sites excluding steroid dienone is 4. The van der Waals surface area contributed by atoms with Crippen molar-refractivity contribution in [1.82, 2.24) is 0 Å². The standard InChI is InChI=1S/C16H16ClNO4S/c1-10(2)14-9-16(19)11(3)8-15(14)18-22-23(20,21)13-6-4-12(17)5-7-13/h4-10H,1-3H3. The molecular formula is C16H16ClNO4S. The molecule has 0 spiro atoms. The van der Waals surface area contributed by atoms with Crippen LogP contribution in [-0.2, 0) is 19.2 Å². The summed E-state index contributed by atoms with van der Waals surface area (Å²) in [5, 5.41) is 4.16. The van der Waals surface area contributed by atoms with Crippen molar-refractivity contribution >= 4 is 33.2 Å². The van der Waals surface area contributed by atoms with Gasteiger partial charge in [-0.3, -0.25) is 9.08 Å². The maximum absolute atomic E-state index is 12.1. The number of benzene rings is 1. The fraction of sp³-hybridized carbons (Fsp3) is 0.250. The molecule has 7 heteroatoms. The first kappa shape index (κ1) is 17.4. The quantitative estimate of drug-likeness (QED) is 0.613. The third-order valence-corrected chi connectivity index (χ3v) is 4.65. The van der Waals surface area contributed by atoms with E-state index in [0.717, 1.165) is 0 Å². The van der Waals surface area contributed by atoms with Crippen LogP contribution in [0.4, 0.5) is 0 Å². The Bertz CT molecular complexity index is 818. The van der Waals surface area contributed by atoms with Crippen molar-refractivity contribution in [3.05, 3.63) is 52.6 Å². The van der Waals surface area contributed by atoms with Gasteiger partial charge in [-0.25, -0.2) is 0 Å². The lowest BCUT2D eigenvalue weighted by Crippen LogP contribution is -2.16. The van der Waals surface area contributed by atoms with Crippen LogP contribution in [0.15, 0.2) is 57.6 Å². The Labute approximate surface area is 140 Å². The van der Waals surface area contributed by atoms with E-state index in [0.29, 0.717) is 21.9 Å². The van der Waals surface area contributed by atoms with E-state index < -0.39 is 10.1 Å². The zero-order valence-corrected chi connectivity index (χ0v) is 14.5. The largest absolute Gasteiger partial charge is 0.358 e. The minimum atomic E-state index is -4.04. The lowest BCUT2D eigenvalue weighted by atomic mass is 9.90. The molecule has 1 aromatic carbocycles. The van der Waals surface area contributed by atoms with E-state index in [9.17, 15) is 13.2 Å². The van der Waals surface area contributed by atoms with Gasteiger partial charge in [0.2, 0.25) is 0 Å². The molecule has 1 aliphatic carbocycles. The molecule has 1 aromatic rings. The van der Waals surface area contributed by atoms with Crippen LogP contribution in [-0.4, -0.2) is 19.9 Å². The van der Waals surface area contributed by atoms with Crippen LogP contribution < -0.4 is 0 Å². The molecule has 0 radical (unpaired) electrons. The number of rotatable bonds is 4. The highest BCUT2D eigenvalue weighted by atomic mass is 35.5. The van der Waals surface area contributed by atoms with Crippen LogP contribution >= 0.6 is 11.6 Å². The normalized spacial score (nSPS) is 17.3. The Hall–Kier alpha value is -1.92. The van der Waals surface area contributed by atoms with Gasteiger partial charge in [-0.05, 0) is 60.4 Å². The summed E-state index contributed by atoms with van der Waals surface area (Å²) in [5.74, 6) is -0.114. The molecule has 0 atom stereocenters. The lowest BCUT2D eigenvalue weighted by molar-refractivity contribution is -0.111. The van der Waals surface area contributed by atoms with Gasteiger partial charge < -0.3 is 0 Å². The summed E-state index contributed by atoms with van der Waals surface area (Å²) in [6, 6.07) is 5.58. The van der Waals surface area contributed by atoms with E-state index in [1.54, 1.807) is 6.92 Å². The predicted octanol–water partition coefficient (Wildman–Crippen LogP) is 3.51. The van der Waals surface area contributed by atoms with E-state index in [2.05, 4.69) is 5.16 Å².